The monoisotopic (exact) mass is 282 g/mol. The molecule has 0 heterocycles. The third-order valence-electron chi connectivity index (χ3n) is 2.81. The first-order valence-electron chi connectivity index (χ1n) is 6.08. The highest BCUT2D eigenvalue weighted by Gasteiger charge is 2.18. The third-order valence-corrected chi connectivity index (χ3v) is 2.81. The number of nitrogens with one attached hydrogen (secondary N) is 2. The summed E-state index contributed by atoms with van der Waals surface area (Å²) in [4.78, 5) is 22.3. The van der Waals surface area contributed by atoms with Crippen LogP contribution in [0.4, 0.5) is 11.4 Å². The van der Waals surface area contributed by atoms with Crippen LogP contribution in [0.3, 0.4) is 0 Å². The number of carbonyl (C=O) groups is 1. The molecular formula is C12H18N4O4. The molecule has 0 radical (unpaired) electrons. The largest absolute Gasteiger partial charge is 0.383 e. The van der Waals surface area contributed by atoms with Crippen LogP contribution >= 0.6 is 0 Å². The van der Waals surface area contributed by atoms with Crippen molar-refractivity contribution in [1.82, 2.24) is 5.32 Å². The predicted octanol–water partition coefficient (Wildman–Crippen LogP) is 1.04. The van der Waals surface area contributed by atoms with Crippen molar-refractivity contribution in [2.75, 3.05) is 19.1 Å². The summed E-state index contributed by atoms with van der Waals surface area (Å²) in [5.41, 5.74) is 2.32. The normalized spacial score (nSPS) is 11.8. The summed E-state index contributed by atoms with van der Waals surface area (Å²) in [6.45, 7) is 2.29. The van der Waals surface area contributed by atoms with E-state index in [1.165, 1.54) is 18.2 Å². The van der Waals surface area contributed by atoms with Gasteiger partial charge in [-0.25, -0.2) is 0 Å². The molecule has 0 aliphatic carbocycles. The number of nitro groups is 1. The second-order valence-electron chi connectivity index (χ2n) is 4.17. The maximum absolute atomic E-state index is 12.0. The molecule has 1 aromatic rings. The van der Waals surface area contributed by atoms with Crippen molar-refractivity contribution in [2.24, 2.45) is 5.84 Å². The van der Waals surface area contributed by atoms with E-state index < -0.39 is 4.92 Å². The number of methoxy groups -OCH3 is 1. The van der Waals surface area contributed by atoms with Crippen molar-refractivity contribution in [3.05, 3.63) is 33.9 Å². The van der Waals surface area contributed by atoms with E-state index in [4.69, 9.17) is 10.6 Å². The van der Waals surface area contributed by atoms with E-state index in [-0.39, 0.29) is 28.9 Å². The molecule has 1 rings (SSSR count). The van der Waals surface area contributed by atoms with Gasteiger partial charge in [-0.15, -0.1) is 0 Å². The number of benzene rings is 1. The standard InChI is InChI=1S/C12H18N4O4/c1-3-9(7-20-2)14-12(17)8-4-5-10(15-13)11(6-8)16(18)19/h4-6,9,15H,3,7,13H2,1-2H3,(H,14,17). The van der Waals surface area contributed by atoms with Crippen LogP contribution in [0, 0.1) is 10.1 Å². The molecule has 1 aromatic carbocycles. The summed E-state index contributed by atoms with van der Waals surface area (Å²) >= 11 is 0. The average molecular weight is 282 g/mol. The third kappa shape index (κ3) is 3.90. The van der Waals surface area contributed by atoms with Gasteiger partial charge >= 0.3 is 0 Å². The van der Waals surface area contributed by atoms with Crippen LogP contribution in [0.5, 0.6) is 0 Å². The number of rotatable bonds is 7. The number of anilines is 1. The second-order valence-corrected chi connectivity index (χ2v) is 4.17. The fourth-order valence-corrected chi connectivity index (χ4v) is 1.68. The van der Waals surface area contributed by atoms with Gasteiger partial charge in [-0.05, 0) is 18.6 Å². The summed E-state index contributed by atoms with van der Waals surface area (Å²) in [5, 5.41) is 13.6. The number of ether oxygens (including phenoxy) is 1. The molecule has 4 N–H and O–H groups in total. The quantitative estimate of drug-likeness (QED) is 0.390. The minimum absolute atomic E-state index is 0.140. The van der Waals surface area contributed by atoms with E-state index in [1.807, 2.05) is 6.92 Å². The van der Waals surface area contributed by atoms with Crippen LogP contribution in [0.2, 0.25) is 0 Å². The van der Waals surface area contributed by atoms with E-state index in [0.29, 0.717) is 13.0 Å². The van der Waals surface area contributed by atoms with E-state index >= 15 is 0 Å². The minimum atomic E-state index is -0.599. The van der Waals surface area contributed by atoms with Gasteiger partial charge in [0.1, 0.15) is 5.69 Å². The van der Waals surface area contributed by atoms with Gasteiger partial charge in [0.25, 0.3) is 11.6 Å². The van der Waals surface area contributed by atoms with Crippen molar-refractivity contribution in [3.63, 3.8) is 0 Å². The SMILES string of the molecule is CCC(COC)NC(=O)c1ccc(NN)c([N+](=O)[O-])c1. The van der Waals surface area contributed by atoms with Crippen LogP contribution in [0.25, 0.3) is 0 Å². The van der Waals surface area contributed by atoms with Crippen molar-refractivity contribution >= 4 is 17.3 Å². The number of hydrazine groups is 1. The van der Waals surface area contributed by atoms with Crippen LogP contribution in [0.1, 0.15) is 23.7 Å². The van der Waals surface area contributed by atoms with Gasteiger partial charge < -0.3 is 15.5 Å². The summed E-state index contributed by atoms with van der Waals surface area (Å²) in [6.07, 6.45) is 0.699. The Labute approximate surface area is 116 Å². The lowest BCUT2D eigenvalue weighted by Crippen LogP contribution is -2.37. The zero-order valence-electron chi connectivity index (χ0n) is 11.4. The van der Waals surface area contributed by atoms with Crippen LogP contribution in [-0.2, 0) is 4.74 Å². The lowest BCUT2D eigenvalue weighted by atomic mass is 10.1. The molecule has 0 aromatic heterocycles. The van der Waals surface area contributed by atoms with Crippen LogP contribution in [0.15, 0.2) is 18.2 Å². The van der Waals surface area contributed by atoms with Gasteiger partial charge in [0.05, 0.1) is 17.6 Å². The highest BCUT2D eigenvalue weighted by atomic mass is 16.6. The molecule has 8 heteroatoms. The highest BCUT2D eigenvalue weighted by Crippen LogP contribution is 2.24. The van der Waals surface area contributed by atoms with Gasteiger partial charge in [-0.2, -0.15) is 0 Å². The maximum Gasteiger partial charge on any atom is 0.294 e. The Bertz CT molecular complexity index is 492. The molecule has 1 atom stereocenters. The number of hydrogen-bond donors (Lipinski definition) is 3. The smallest absolute Gasteiger partial charge is 0.294 e. The molecule has 110 valence electrons. The average Bonchev–Trinajstić information content (AvgIpc) is 2.45. The van der Waals surface area contributed by atoms with Gasteiger partial charge in [0, 0.05) is 18.7 Å². The fourth-order valence-electron chi connectivity index (χ4n) is 1.68. The Morgan fingerprint density at radius 1 is 1.55 bits per heavy atom. The van der Waals surface area contributed by atoms with Gasteiger partial charge in [-0.3, -0.25) is 20.8 Å². The molecule has 8 nitrogen and oxygen atoms in total. The highest BCUT2D eigenvalue weighted by molar-refractivity contribution is 5.95. The van der Waals surface area contributed by atoms with E-state index in [0.717, 1.165) is 0 Å². The number of nitrogen functional groups attached to an aromatic ring is 1. The molecule has 0 spiro atoms. The van der Waals surface area contributed by atoms with Crippen LogP contribution in [-0.4, -0.2) is 30.6 Å². The first-order chi connectivity index (χ1) is 9.53. The number of nitro benzene ring substituents is 1. The molecule has 0 aliphatic rings. The lowest BCUT2D eigenvalue weighted by Gasteiger charge is -2.16. The molecule has 0 fully saturated rings. The summed E-state index contributed by atoms with van der Waals surface area (Å²) in [6, 6.07) is 3.91. The molecule has 0 saturated heterocycles. The Kier molecular flexibility index (Phi) is 5.88. The maximum atomic E-state index is 12.0. The summed E-state index contributed by atoms with van der Waals surface area (Å²) in [5.74, 6) is 4.80. The van der Waals surface area contributed by atoms with Crippen molar-refractivity contribution < 1.29 is 14.5 Å². The molecule has 0 bridgehead atoms. The molecule has 20 heavy (non-hydrogen) atoms. The molecule has 1 amide bonds. The molecule has 0 saturated carbocycles. The van der Waals surface area contributed by atoms with E-state index in [9.17, 15) is 14.9 Å². The van der Waals surface area contributed by atoms with E-state index in [2.05, 4.69) is 10.7 Å². The zero-order chi connectivity index (χ0) is 15.1. The number of nitrogens with zero attached hydrogens (tertiary/aromatic N) is 1. The molecular weight excluding hydrogens is 264 g/mol. The Morgan fingerprint density at radius 3 is 2.75 bits per heavy atom. The van der Waals surface area contributed by atoms with Gasteiger partial charge in [0.2, 0.25) is 0 Å². The number of nitrogens with two attached hydrogens (primary N) is 1. The summed E-state index contributed by atoms with van der Waals surface area (Å²) in [7, 11) is 1.54. The van der Waals surface area contributed by atoms with E-state index in [1.54, 1.807) is 7.11 Å². The molecule has 1 unspecified atom stereocenters. The van der Waals surface area contributed by atoms with Gasteiger partial charge in [0.15, 0.2) is 0 Å². The van der Waals surface area contributed by atoms with Gasteiger partial charge in [-0.1, -0.05) is 6.92 Å². The minimum Gasteiger partial charge on any atom is -0.383 e. The van der Waals surface area contributed by atoms with Crippen molar-refractivity contribution in [1.29, 1.82) is 0 Å². The summed E-state index contributed by atoms with van der Waals surface area (Å²) < 4.78 is 4.98. The zero-order valence-corrected chi connectivity index (χ0v) is 11.4. The van der Waals surface area contributed by atoms with Crippen LogP contribution < -0.4 is 16.6 Å². The predicted molar refractivity (Wildman–Crippen MR) is 74.3 cm³/mol. The topological polar surface area (TPSA) is 120 Å². The Morgan fingerprint density at radius 2 is 2.25 bits per heavy atom. The fraction of sp³-hybridized carbons (Fsp3) is 0.417. The molecule has 0 aliphatic heterocycles. The van der Waals surface area contributed by atoms with Crippen molar-refractivity contribution in [3.8, 4) is 0 Å². The second kappa shape index (κ2) is 7.41. The Hall–Kier alpha value is -2.19. The number of amides is 1. The number of carbonyl (C=O) groups excluding carboxylic acids is 1. The first kappa shape index (κ1) is 15.9. The van der Waals surface area contributed by atoms with Crippen molar-refractivity contribution in [2.45, 2.75) is 19.4 Å². The lowest BCUT2D eigenvalue weighted by molar-refractivity contribution is -0.384. The number of hydrogen-bond acceptors (Lipinski definition) is 6. The first-order valence-corrected chi connectivity index (χ1v) is 6.08. The Balaban J connectivity index is 2.93.